The molecule has 0 atom stereocenters. The van der Waals surface area contributed by atoms with Crippen LogP contribution in [0.5, 0.6) is 0 Å². The topological polar surface area (TPSA) is 285 Å². The zero-order valence-electron chi connectivity index (χ0n) is 12.7. The quantitative estimate of drug-likeness (QED) is 0.366. The molecule has 28 heavy (non-hydrogen) atoms. The summed E-state index contributed by atoms with van der Waals surface area (Å²) in [6.07, 6.45) is 0. The fourth-order valence-electron chi connectivity index (χ4n) is 0.491. The molecule has 0 rings (SSSR count). The van der Waals surface area contributed by atoms with Gasteiger partial charge in [0.2, 0.25) is 0 Å². The van der Waals surface area contributed by atoms with Crippen molar-refractivity contribution in [2.75, 3.05) is 0 Å². The van der Waals surface area contributed by atoms with Crippen LogP contribution in [0.4, 0.5) is 0 Å². The molecule has 0 aliphatic carbocycles. The average molecular weight is 549 g/mol. The summed E-state index contributed by atoms with van der Waals surface area (Å²) in [7, 11) is -11.9. The van der Waals surface area contributed by atoms with Crippen LogP contribution in [-0.4, -0.2) is 0 Å². The van der Waals surface area contributed by atoms with Gasteiger partial charge in [0.15, 0.2) is 0 Å². The van der Waals surface area contributed by atoms with Crippen LogP contribution in [0.25, 0.3) is 0 Å². The number of hydrogen-bond donors (Lipinski definition) is 0. The van der Waals surface area contributed by atoms with Gasteiger partial charge in [-0.25, -0.2) is 0 Å². The van der Waals surface area contributed by atoms with Crippen molar-refractivity contribution in [3.63, 3.8) is 0 Å². The second-order valence-corrected chi connectivity index (χ2v) is 13.8. The minimum atomic E-state index is -6.17. The second kappa shape index (κ2) is 7.65. The smallest absolute Gasteiger partial charge is 2.00 e. The van der Waals surface area contributed by atoms with E-state index in [1.807, 2.05) is 0 Å². The zero-order valence-corrected chi connectivity index (χ0v) is 16.7. The molecule has 0 saturated heterocycles. The molecule has 0 aliphatic rings. The molecule has 12 nitrogen and oxygen atoms in total. The Labute approximate surface area is 176 Å². The van der Waals surface area contributed by atoms with Crippen LogP contribution in [0.15, 0.2) is 0 Å². The Hall–Kier alpha value is -4.09. The van der Waals surface area contributed by atoms with E-state index in [0.717, 1.165) is 59.6 Å². The van der Waals surface area contributed by atoms with Crippen LogP contribution < -0.4 is 0 Å². The summed E-state index contributed by atoms with van der Waals surface area (Å²) in [6, 6.07) is 0. The van der Waals surface area contributed by atoms with Crippen LogP contribution in [0.2, 0.25) is 0 Å². The Balaban J connectivity index is -0.000000192. The van der Waals surface area contributed by atoms with Crippen LogP contribution in [0, 0.1) is 123 Å². The number of hydrogen-bond acceptors (Lipinski definition) is 12. The molecule has 0 saturated carbocycles. The molecule has 0 aromatic rings. The molecule has 0 bridgehead atoms. The van der Waals surface area contributed by atoms with Crippen molar-refractivity contribution in [3.05, 3.63) is 0 Å². The van der Waals surface area contributed by atoms with E-state index in [9.17, 15) is 0 Å². The van der Waals surface area contributed by atoms with Crippen LogP contribution in [0.3, 0.4) is 0 Å². The van der Waals surface area contributed by atoms with E-state index < -0.39 is 21.5 Å². The van der Waals surface area contributed by atoms with Crippen molar-refractivity contribution in [2.24, 2.45) is 0 Å². The molecule has 0 spiro atoms. The average Bonchev–Trinajstić information content (AvgIpc) is 2.77. The van der Waals surface area contributed by atoms with Gasteiger partial charge in [-0.3, -0.25) is 0 Å². The van der Waals surface area contributed by atoms with Gasteiger partial charge in [-0.1, -0.05) is 0 Å². The van der Waals surface area contributed by atoms with Gasteiger partial charge in [0.05, 0.1) is 0 Å². The molecule has 16 heteroatoms. The van der Waals surface area contributed by atoms with Crippen LogP contribution in [-0.2, 0) is 54.4 Å². The Morgan fingerprint density at radius 3 is 0.500 bits per heavy atom. The maximum Gasteiger partial charge on any atom is 2.00 e. The van der Waals surface area contributed by atoms with Crippen molar-refractivity contribution >= 4 is 0 Å². The first-order chi connectivity index (χ1) is 11.9. The van der Waals surface area contributed by atoms with Gasteiger partial charge >= 0.3 is 177 Å². The number of nitriles is 12. The molecular formula is C12CuFeN12Ni2. The molecule has 0 amide bonds. The van der Waals surface area contributed by atoms with Crippen molar-refractivity contribution in [2.45, 2.75) is 0 Å². The third-order valence-corrected chi connectivity index (χ3v) is 9.06. The van der Waals surface area contributed by atoms with E-state index in [-0.39, 0.29) is 33.0 Å². The molecule has 0 N–H and O–H groups in total. The number of rotatable bonds is 0. The molecule has 0 aromatic carbocycles. The molecule has 0 radical (unpaired) electrons. The largest absolute Gasteiger partial charge is 2.00 e. The van der Waals surface area contributed by atoms with Gasteiger partial charge in [0.25, 0.3) is 0 Å². The van der Waals surface area contributed by atoms with Crippen molar-refractivity contribution in [1.82, 2.24) is 0 Å². The van der Waals surface area contributed by atoms with E-state index in [1.54, 1.807) is 0 Å². The van der Waals surface area contributed by atoms with Crippen molar-refractivity contribution < 1.29 is 54.4 Å². The minimum Gasteiger partial charge on any atom is 2.00 e. The Kier molecular flexibility index (Phi) is 8.65. The normalized spacial score (nSPS) is 12.4. The van der Waals surface area contributed by atoms with E-state index in [4.69, 9.17) is 63.1 Å². The molecule has 0 fully saturated rings. The monoisotopic (exact) mass is 547 g/mol. The third kappa shape index (κ3) is 3.06. The first kappa shape index (κ1) is 31.7. The van der Waals surface area contributed by atoms with Crippen LogP contribution >= 0.6 is 0 Å². The van der Waals surface area contributed by atoms with Gasteiger partial charge in [-0.2, -0.15) is 0 Å². The van der Waals surface area contributed by atoms with Gasteiger partial charge in [0, 0.05) is 0 Å². The molecule has 147 valence electrons. The summed E-state index contributed by atoms with van der Waals surface area (Å²) >= 11 is 0. The predicted molar refractivity (Wildman–Crippen MR) is 67.4 cm³/mol. The summed E-state index contributed by atoms with van der Waals surface area (Å²) in [5.41, 5.74) is 0. The van der Waals surface area contributed by atoms with E-state index in [2.05, 4.69) is 0 Å². The van der Waals surface area contributed by atoms with E-state index in [0.29, 0.717) is 0 Å². The predicted octanol–water partition coefficient (Wildman–Crippen LogP) is 0.191. The van der Waals surface area contributed by atoms with Crippen molar-refractivity contribution in [1.29, 1.82) is 63.1 Å². The molecule has 0 unspecified atom stereocenters. The fourth-order valence-corrected chi connectivity index (χ4v) is 2.03. The Morgan fingerprint density at radius 2 is 0.500 bits per heavy atom. The van der Waals surface area contributed by atoms with Crippen LogP contribution in [0.1, 0.15) is 0 Å². The third-order valence-electron chi connectivity index (χ3n) is 2.20. The molecule has 0 heterocycles. The first-order valence-corrected chi connectivity index (χ1v) is 10.8. The number of nitrogens with zero attached hydrogens (tertiary/aromatic N) is 12. The van der Waals surface area contributed by atoms with Gasteiger partial charge in [-0.05, 0) is 0 Å². The van der Waals surface area contributed by atoms with E-state index in [1.165, 1.54) is 0 Å². The summed E-state index contributed by atoms with van der Waals surface area (Å²) < 4.78 is 0. The minimum absolute atomic E-state index is 0. The van der Waals surface area contributed by atoms with E-state index >= 15 is 0 Å². The van der Waals surface area contributed by atoms with Gasteiger partial charge < -0.3 is 0 Å². The Morgan fingerprint density at radius 1 is 0.357 bits per heavy atom. The maximum atomic E-state index is 8.58. The summed E-state index contributed by atoms with van der Waals surface area (Å²) in [4.78, 5) is 12.2. The summed E-state index contributed by atoms with van der Waals surface area (Å²) in [5.74, 6) is 0. The maximum absolute atomic E-state index is 8.58. The summed E-state index contributed by atoms with van der Waals surface area (Å²) in [5, 5.41) is 103. The Bertz CT molecular complexity index is 888. The SMILES string of the molecule is N#[C][Cu]([C]#N)([C]#N)([C]#N)([C]#N)[C]#N.N#[C][Fe-4]([C]#N)([C]#N)([C]#N)([C]#N)[C]#N.[Ni+2].[Ni+2]. The fraction of sp³-hybridized carbons (Fsp3) is 0. The molecule has 0 aliphatic heterocycles. The second-order valence-electron chi connectivity index (χ2n) is 3.34. The standard InChI is InChI=1S/12CN.Cu.Fe.2Ni/c12*1-2;;;;/q;;;;;;;;;;;;;-4;2*+2. The molecular weight excluding hydrogens is 549 g/mol. The molecule has 0 aromatic heterocycles. The van der Waals surface area contributed by atoms with Crippen molar-refractivity contribution in [3.8, 4) is 59.6 Å². The summed E-state index contributed by atoms with van der Waals surface area (Å²) in [6.45, 7) is 0. The van der Waals surface area contributed by atoms with Gasteiger partial charge in [-0.15, -0.1) is 0 Å². The van der Waals surface area contributed by atoms with Gasteiger partial charge in [0.1, 0.15) is 0 Å². The first-order valence-electron chi connectivity index (χ1n) is 4.65. The zero-order chi connectivity index (χ0) is 21.3.